The largest absolute Gasteiger partial charge is 0.304 e. The van der Waals surface area contributed by atoms with E-state index in [1.165, 1.54) is 25.7 Å². The topological polar surface area (TPSA) is 48.0 Å². The van der Waals surface area contributed by atoms with Crippen LogP contribution in [0.25, 0.3) is 27.7 Å². The van der Waals surface area contributed by atoms with Gasteiger partial charge in [-0.05, 0) is 31.9 Å². The lowest BCUT2D eigenvalue weighted by atomic mass is 10.1. The highest BCUT2D eigenvalue weighted by Gasteiger charge is 2.18. The van der Waals surface area contributed by atoms with Gasteiger partial charge >= 0.3 is 0 Å². The standard InChI is InChI=1S/C19H19N5/c1-13-9-21-19-17-8-14(10-20-18(17)6-7-23(13)19)15-11-22-24(12-15)16-4-2-3-5-16/h6-12,16H,2-5H2,1H3. The summed E-state index contributed by atoms with van der Waals surface area (Å²) in [5.41, 5.74) is 5.29. The second kappa shape index (κ2) is 5.16. The van der Waals surface area contributed by atoms with Gasteiger partial charge in [0.15, 0.2) is 0 Å². The Morgan fingerprint density at radius 3 is 2.79 bits per heavy atom. The predicted molar refractivity (Wildman–Crippen MR) is 94.0 cm³/mol. The van der Waals surface area contributed by atoms with Crippen molar-refractivity contribution >= 4 is 16.6 Å². The minimum atomic E-state index is 0.564. The van der Waals surface area contributed by atoms with Crippen molar-refractivity contribution in [3.8, 4) is 11.1 Å². The molecule has 1 aliphatic rings. The molecular formula is C19H19N5. The maximum absolute atomic E-state index is 4.63. The van der Waals surface area contributed by atoms with E-state index in [-0.39, 0.29) is 0 Å². The van der Waals surface area contributed by atoms with E-state index in [1.54, 1.807) is 0 Å². The van der Waals surface area contributed by atoms with Crippen LogP contribution < -0.4 is 0 Å². The number of imidazole rings is 1. The van der Waals surface area contributed by atoms with Crippen LogP contribution in [0.3, 0.4) is 0 Å². The van der Waals surface area contributed by atoms with Crippen LogP contribution in [-0.4, -0.2) is 24.1 Å². The Hall–Kier alpha value is -2.69. The lowest BCUT2D eigenvalue weighted by Gasteiger charge is -2.08. The summed E-state index contributed by atoms with van der Waals surface area (Å²) >= 11 is 0. The summed E-state index contributed by atoms with van der Waals surface area (Å²) in [5.74, 6) is 0. The van der Waals surface area contributed by atoms with Crippen molar-refractivity contribution in [2.75, 3.05) is 0 Å². The van der Waals surface area contributed by atoms with E-state index >= 15 is 0 Å². The molecule has 4 aromatic rings. The first-order valence-electron chi connectivity index (χ1n) is 8.56. The summed E-state index contributed by atoms with van der Waals surface area (Å²) in [7, 11) is 0. The maximum atomic E-state index is 4.63. The third kappa shape index (κ3) is 2.04. The van der Waals surface area contributed by atoms with E-state index in [4.69, 9.17) is 0 Å². The maximum Gasteiger partial charge on any atom is 0.146 e. The average molecular weight is 317 g/mol. The quantitative estimate of drug-likeness (QED) is 0.557. The van der Waals surface area contributed by atoms with Crippen LogP contribution in [0.5, 0.6) is 0 Å². The number of pyridine rings is 2. The predicted octanol–water partition coefficient (Wildman–Crippen LogP) is 4.17. The van der Waals surface area contributed by atoms with Gasteiger partial charge in [-0.2, -0.15) is 5.10 Å². The molecule has 0 bridgehead atoms. The van der Waals surface area contributed by atoms with Crippen LogP contribution in [0.15, 0.2) is 43.1 Å². The normalized spacial score (nSPS) is 15.7. The molecule has 5 heteroatoms. The lowest BCUT2D eigenvalue weighted by Crippen LogP contribution is -2.04. The van der Waals surface area contributed by atoms with Gasteiger partial charge in [0.05, 0.1) is 17.8 Å². The first-order valence-corrected chi connectivity index (χ1v) is 8.56. The zero-order chi connectivity index (χ0) is 16.1. The van der Waals surface area contributed by atoms with Crippen molar-refractivity contribution in [3.05, 3.63) is 48.8 Å². The molecular weight excluding hydrogens is 298 g/mol. The second-order valence-corrected chi connectivity index (χ2v) is 6.71. The number of aryl methyl sites for hydroxylation is 1. The third-order valence-electron chi connectivity index (χ3n) is 5.16. The van der Waals surface area contributed by atoms with Crippen molar-refractivity contribution in [2.45, 2.75) is 38.6 Å². The van der Waals surface area contributed by atoms with E-state index in [2.05, 4.69) is 43.3 Å². The molecule has 0 unspecified atom stereocenters. The van der Waals surface area contributed by atoms with Crippen molar-refractivity contribution in [2.24, 2.45) is 0 Å². The van der Waals surface area contributed by atoms with Gasteiger partial charge in [-0.3, -0.25) is 9.67 Å². The van der Waals surface area contributed by atoms with Crippen molar-refractivity contribution < 1.29 is 0 Å². The Bertz CT molecular complexity index is 1040. The molecule has 0 radical (unpaired) electrons. The summed E-state index contributed by atoms with van der Waals surface area (Å²) < 4.78 is 4.24. The fraction of sp³-hybridized carbons (Fsp3) is 0.316. The van der Waals surface area contributed by atoms with Crippen LogP contribution in [0.4, 0.5) is 0 Å². The summed E-state index contributed by atoms with van der Waals surface area (Å²) in [6.45, 7) is 2.06. The molecule has 0 atom stereocenters. The van der Waals surface area contributed by atoms with Crippen LogP contribution >= 0.6 is 0 Å². The van der Waals surface area contributed by atoms with Gasteiger partial charge < -0.3 is 4.40 Å². The van der Waals surface area contributed by atoms with Gasteiger partial charge in [0.2, 0.25) is 0 Å². The zero-order valence-electron chi connectivity index (χ0n) is 13.7. The van der Waals surface area contributed by atoms with E-state index < -0.39 is 0 Å². The Labute approximate surface area is 140 Å². The first kappa shape index (κ1) is 13.7. The lowest BCUT2D eigenvalue weighted by molar-refractivity contribution is 0.467. The minimum Gasteiger partial charge on any atom is -0.304 e. The van der Waals surface area contributed by atoms with Gasteiger partial charge in [0.1, 0.15) is 5.65 Å². The van der Waals surface area contributed by atoms with E-state index in [0.29, 0.717) is 6.04 Å². The third-order valence-corrected chi connectivity index (χ3v) is 5.16. The molecule has 0 aromatic carbocycles. The zero-order valence-corrected chi connectivity index (χ0v) is 13.7. The molecule has 5 rings (SSSR count). The number of aromatic nitrogens is 5. The first-order chi connectivity index (χ1) is 11.8. The Morgan fingerprint density at radius 1 is 1.04 bits per heavy atom. The molecule has 0 saturated heterocycles. The minimum absolute atomic E-state index is 0.564. The van der Waals surface area contributed by atoms with Gasteiger partial charge in [-0.25, -0.2) is 4.98 Å². The highest BCUT2D eigenvalue weighted by Crippen LogP contribution is 2.31. The van der Waals surface area contributed by atoms with Crippen LogP contribution in [0.2, 0.25) is 0 Å². The van der Waals surface area contributed by atoms with Crippen molar-refractivity contribution in [3.63, 3.8) is 0 Å². The highest BCUT2D eigenvalue weighted by atomic mass is 15.3. The second-order valence-electron chi connectivity index (χ2n) is 6.71. The average Bonchev–Trinajstić information content (AvgIpc) is 3.35. The molecule has 24 heavy (non-hydrogen) atoms. The monoisotopic (exact) mass is 317 g/mol. The number of rotatable bonds is 2. The Morgan fingerprint density at radius 2 is 1.92 bits per heavy atom. The fourth-order valence-electron chi connectivity index (χ4n) is 3.78. The fourth-order valence-corrected chi connectivity index (χ4v) is 3.78. The number of fused-ring (bicyclic) bond motifs is 3. The molecule has 1 fully saturated rings. The highest BCUT2D eigenvalue weighted by molar-refractivity contribution is 5.94. The SMILES string of the molecule is Cc1cnc2c3cc(-c4cnn(C5CCCC5)c4)cnc3ccn12. The molecule has 4 heterocycles. The number of hydrogen-bond acceptors (Lipinski definition) is 3. The van der Waals surface area contributed by atoms with Gasteiger partial charge in [-0.1, -0.05) is 12.8 Å². The van der Waals surface area contributed by atoms with Gasteiger partial charge in [0, 0.05) is 47.0 Å². The molecule has 4 aromatic heterocycles. The van der Waals surface area contributed by atoms with Crippen molar-refractivity contribution in [1.29, 1.82) is 0 Å². The summed E-state index contributed by atoms with van der Waals surface area (Å²) in [5, 5.41) is 5.67. The van der Waals surface area contributed by atoms with E-state index in [9.17, 15) is 0 Å². The van der Waals surface area contributed by atoms with Crippen LogP contribution in [0.1, 0.15) is 37.4 Å². The molecule has 0 N–H and O–H groups in total. The Balaban J connectivity index is 1.63. The Kier molecular flexibility index (Phi) is 2.95. The number of hydrogen-bond donors (Lipinski definition) is 0. The molecule has 120 valence electrons. The van der Waals surface area contributed by atoms with E-state index in [1.807, 2.05) is 30.9 Å². The molecule has 0 aliphatic heterocycles. The smallest absolute Gasteiger partial charge is 0.146 e. The molecule has 0 spiro atoms. The molecule has 5 nitrogen and oxygen atoms in total. The molecule has 0 amide bonds. The number of nitrogens with zero attached hydrogens (tertiary/aromatic N) is 5. The summed E-state index contributed by atoms with van der Waals surface area (Å²) in [6.07, 6.45) is 15.1. The van der Waals surface area contributed by atoms with Gasteiger partial charge in [-0.15, -0.1) is 0 Å². The summed E-state index contributed by atoms with van der Waals surface area (Å²) in [6, 6.07) is 4.79. The molecule has 1 aliphatic carbocycles. The van der Waals surface area contributed by atoms with E-state index in [0.717, 1.165) is 33.4 Å². The van der Waals surface area contributed by atoms with Gasteiger partial charge in [0.25, 0.3) is 0 Å². The van der Waals surface area contributed by atoms with Crippen molar-refractivity contribution in [1.82, 2.24) is 24.1 Å². The van der Waals surface area contributed by atoms with Crippen LogP contribution in [-0.2, 0) is 0 Å². The molecule has 1 saturated carbocycles. The summed E-state index contributed by atoms with van der Waals surface area (Å²) in [4.78, 5) is 9.18. The van der Waals surface area contributed by atoms with Crippen LogP contribution in [0, 0.1) is 6.92 Å².